The summed E-state index contributed by atoms with van der Waals surface area (Å²) in [6.45, 7) is 5.22. The van der Waals surface area contributed by atoms with Crippen LogP contribution in [-0.4, -0.2) is 6.54 Å². The van der Waals surface area contributed by atoms with Crippen molar-refractivity contribution in [2.24, 2.45) is 0 Å². The van der Waals surface area contributed by atoms with Crippen LogP contribution in [0.25, 0.3) is 0 Å². The van der Waals surface area contributed by atoms with Crippen LogP contribution in [0.5, 0.6) is 0 Å². The molecule has 2 heteroatoms. The van der Waals surface area contributed by atoms with Gasteiger partial charge in [-0.2, -0.15) is 0 Å². The minimum Gasteiger partial charge on any atom is -0.307 e. The number of hydrogen-bond donors (Lipinski definition) is 1. The topological polar surface area (TPSA) is 12.0 Å². The van der Waals surface area contributed by atoms with Gasteiger partial charge < -0.3 is 5.32 Å². The van der Waals surface area contributed by atoms with E-state index in [4.69, 9.17) is 11.6 Å². The smallest absolute Gasteiger partial charge is 0.0550 e. The van der Waals surface area contributed by atoms with E-state index in [-0.39, 0.29) is 6.04 Å². The van der Waals surface area contributed by atoms with Gasteiger partial charge >= 0.3 is 0 Å². The molecule has 1 N–H and O–H groups in total. The fraction of sp³-hybridized carbons (Fsp3) is 0.556. The summed E-state index contributed by atoms with van der Waals surface area (Å²) in [6.07, 6.45) is 10.2. The van der Waals surface area contributed by atoms with Gasteiger partial charge in [0.25, 0.3) is 0 Å². The monoisotopic (exact) mass is 291 g/mol. The Kier molecular flexibility index (Phi) is 6.12. The Morgan fingerprint density at radius 3 is 2.80 bits per heavy atom. The van der Waals surface area contributed by atoms with Gasteiger partial charge in [0.15, 0.2) is 0 Å². The molecule has 0 amide bonds. The molecule has 0 heterocycles. The summed E-state index contributed by atoms with van der Waals surface area (Å²) in [5.74, 6) is 0. The molecule has 1 aromatic carbocycles. The van der Waals surface area contributed by atoms with E-state index in [1.54, 1.807) is 0 Å². The van der Waals surface area contributed by atoms with Crippen LogP contribution in [0.2, 0.25) is 5.02 Å². The van der Waals surface area contributed by atoms with Crippen molar-refractivity contribution in [2.75, 3.05) is 6.54 Å². The van der Waals surface area contributed by atoms with E-state index in [1.165, 1.54) is 55.2 Å². The van der Waals surface area contributed by atoms with E-state index in [9.17, 15) is 0 Å². The van der Waals surface area contributed by atoms with Crippen molar-refractivity contribution >= 4 is 11.6 Å². The van der Waals surface area contributed by atoms with Crippen LogP contribution in [0.4, 0.5) is 0 Å². The zero-order valence-electron chi connectivity index (χ0n) is 12.7. The van der Waals surface area contributed by atoms with Gasteiger partial charge in [0.05, 0.1) is 6.04 Å². The van der Waals surface area contributed by atoms with Crippen molar-refractivity contribution in [2.45, 2.75) is 58.4 Å². The van der Waals surface area contributed by atoms with Crippen molar-refractivity contribution < 1.29 is 0 Å². The number of aryl methyl sites for hydroxylation is 1. The standard InChI is InChI=1S/C18H26ClN/c1-3-20-18(15-11-7-5-4-6-8-12-15)16-13-9-10-14(2)17(16)19/h9-11,13,18,20H,3-8,12H2,1-2H3/b15-11+. The van der Waals surface area contributed by atoms with Crippen LogP contribution in [0.15, 0.2) is 29.8 Å². The predicted octanol–water partition coefficient (Wildman–Crippen LogP) is 5.58. The maximum Gasteiger partial charge on any atom is 0.0550 e. The second-order valence-corrected chi connectivity index (χ2v) is 6.08. The van der Waals surface area contributed by atoms with Crippen molar-refractivity contribution in [1.82, 2.24) is 5.32 Å². The Hall–Kier alpha value is -0.790. The van der Waals surface area contributed by atoms with Crippen molar-refractivity contribution in [3.8, 4) is 0 Å². The van der Waals surface area contributed by atoms with E-state index >= 15 is 0 Å². The first-order valence-electron chi connectivity index (χ1n) is 7.91. The first-order valence-corrected chi connectivity index (χ1v) is 8.29. The Bertz CT molecular complexity index is 464. The van der Waals surface area contributed by atoms with E-state index in [2.05, 4.69) is 43.4 Å². The van der Waals surface area contributed by atoms with Gasteiger partial charge in [-0.15, -0.1) is 0 Å². The highest BCUT2D eigenvalue weighted by molar-refractivity contribution is 6.32. The lowest BCUT2D eigenvalue weighted by Gasteiger charge is -2.25. The first kappa shape index (κ1) is 15.6. The SMILES string of the molecule is CCNC(/C1=C/CCCCCC1)c1cccc(C)c1Cl. The lowest BCUT2D eigenvalue weighted by Crippen LogP contribution is -2.23. The molecule has 0 aliphatic heterocycles. The molecule has 0 radical (unpaired) electrons. The van der Waals surface area contributed by atoms with E-state index < -0.39 is 0 Å². The van der Waals surface area contributed by atoms with Gasteiger partial charge in [-0.05, 0) is 50.3 Å². The summed E-state index contributed by atoms with van der Waals surface area (Å²) in [5.41, 5.74) is 3.93. The zero-order chi connectivity index (χ0) is 14.4. The molecule has 1 atom stereocenters. The molecule has 0 bridgehead atoms. The minimum atomic E-state index is 0.283. The average molecular weight is 292 g/mol. The summed E-state index contributed by atoms with van der Waals surface area (Å²) in [7, 11) is 0. The lowest BCUT2D eigenvalue weighted by atomic mass is 9.90. The van der Waals surface area contributed by atoms with Crippen LogP contribution in [0.1, 0.15) is 62.6 Å². The molecular formula is C18H26ClN. The van der Waals surface area contributed by atoms with Gasteiger partial charge in [-0.1, -0.05) is 61.2 Å². The molecule has 1 aromatic rings. The van der Waals surface area contributed by atoms with Gasteiger partial charge in [-0.25, -0.2) is 0 Å². The zero-order valence-corrected chi connectivity index (χ0v) is 13.5. The Labute approximate surface area is 128 Å². The van der Waals surface area contributed by atoms with Gasteiger partial charge in [0.2, 0.25) is 0 Å². The summed E-state index contributed by atoms with van der Waals surface area (Å²) < 4.78 is 0. The molecule has 0 saturated heterocycles. The summed E-state index contributed by atoms with van der Waals surface area (Å²) in [6, 6.07) is 6.65. The molecule has 0 aromatic heterocycles. The van der Waals surface area contributed by atoms with E-state index in [0.29, 0.717) is 0 Å². The summed E-state index contributed by atoms with van der Waals surface area (Å²) in [5, 5.41) is 4.55. The third kappa shape index (κ3) is 3.86. The molecule has 1 aliphatic carbocycles. The van der Waals surface area contributed by atoms with E-state index in [1.807, 2.05) is 0 Å². The van der Waals surface area contributed by atoms with Crippen LogP contribution in [-0.2, 0) is 0 Å². The number of benzene rings is 1. The number of likely N-dealkylation sites (N-methyl/N-ethyl adjacent to an activating group) is 1. The molecule has 1 aliphatic rings. The molecular weight excluding hydrogens is 266 g/mol. The fourth-order valence-corrected chi connectivity index (χ4v) is 3.25. The Morgan fingerprint density at radius 2 is 2.00 bits per heavy atom. The molecule has 0 fully saturated rings. The van der Waals surface area contributed by atoms with Crippen LogP contribution in [0.3, 0.4) is 0 Å². The second-order valence-electron chi connectivity index (χ2n) is 5.70. The number of halogens is 1. The molecule has 1 nitrogen and oxygen atoms in total. The molecule has 0 saturated carbocycles. The van der Waals surface area contributed by atoms with Crippen molar-refractivity contribution in [3.05, 3.63) is 46.0 Å². The Balaban J connectivity index is 2.31. The number of allylic oxidation sites excluding steroid dienone is 1. The number of nitrogens with one attached hydrogen (secondary N) is 1. The molecule has 20 heavy (non-hydrogen) atoms. The third-order valence-electron chi connectivity index (χ3n) is 4.14. The predicted molar refractivity (Wildman–Crippen MR) is 88.4 cm³/mol. The van der Waals surface area contributed by atoms with Crippen molar-refractivity contribution in [1.29, 1.82) is 0 Å². The van der Waals surface area contributed by atoms with Crippen molar-refractivity contribution in [3.63, 3.8) is 0 Å². The highest BCUT2D eigenvalue weighted by atomic mass is 35.5. The molecule has 1 unspecified atom stereocenters. The van der Waals surface area contributed by atoms with Gasteiger partial charge in [-0.3, -0.25) is 0 Å². The average Bonchev–Trinajstić information content (AvgIpc) is 2.40. The molecule has 110 valence electrons. The molecule has 0 spiro atoms. The summed E-state index contributed by atoms with van der Waals surface area (Å²) in [4.78, 5) is 0. The normalized spacial score (nSPS) is 20.6. The number of hydrogen-bond acceptors (Lipinski definition) is 1. The third-order valence-corrected chi connectivity index (χ3v) is 4.65. The first-order chi connectivity index (χ1) is 9.74. The van der Waals surface area contributed by atoms with Crippen LogP contribution < -0.4 is 5.32 Å². The lowest BCUT2D eigenvalue weighted by molar-refractivity contribution is 0.554. The van der Waals surface area contributed by atoms with Crippen LogP contribution in [0, 0.1) is 6.92 Å². The largest absolute Gasteiger partial charge is 0.307 e. The Morgan fingerprint density at radius 1 is 1.20 bits per heavy atom. The quantitative estimate of drug-likeness (QED) is 0.714. The van der Waals surface area contributed by atoms with Gasteiger partial charge in [0.1, 0.15) is 0 Å². The maximum absolute atomic E-state index is 6.55. The van der Waals surface area contributed by atoms with Gasteiger partial charge in [0, 0.05) is 5.02 Å². The highest BCUT2D eigenvalue weighted by Crippen LogP contribution is 2.34. The van der Waals surface area contributed by atoms with E-state index in [0.717, 1.165) is 11.6 Å². The molecule has 2 rings (SSSR count). The highest BCUT2D eigenvalue weighted by Gasteiger charge is 2.19. The maximum atomic E-state index is 6.55. The second kappa shape index (κ2) is 7.85. The van der Waals surface area contributed by atoms with Crippen LogP contribution >= 0.6 is 11.6 Å². The summed E-state index contributed by atoms with van der Waals surface area (Å²) >= 11 is 6.55. The number of rotatable bonds is 4. The minimum absolute atomic E-state index is 0.283. The fourth-order valence-electron chi connectivity index (χ4n) is 3.02.